The van der Waals surface area contributed by atoms with Crippen LogP contribution in [0.2, 0.25) is 0 Å². The molecule has 1 unspecified atom stereocenters. The number of fused-ring (bicyclic) bond motifs is 1. The van der Waals surface area contributed by atoms with Crippen molar-refractivity contribution in [1.29, 1.82) is 0 Å². The topological polar surface area (TPSA) is 91.6 Å². The van der Waals surface area contributed by atoms with Gasteiger partial charge in [-0.2, -0.15) is 0 Å². The Labute approximate surface area is 186 Å². The van der Waals surface area contributed by atoms with E-state index in [-0.39, 0.29) is 30.4 Å². The molecule has 170 valence electrons. The van der Waals surface area contributed by atoms with E-state index in [4.69, 9.17) is 9.47 Å². The number of aromatic nitrogens is 2. The number of benzene rings is 1. The number of esters is 2. The van der Waals surface area contributed by atoms with Crippen molar-refractivity contribution in [1.82, 2.24) is 14.7 Å². The average molecular weight is 440 g/mol. The number of nitrogens with one attached hydrogen (secondary N) is 1. The Kier molecular flexibility index (Phi) is 6.48. The summed E-state index contributed by atoms with van der Waals surface area (Å²) in [5.74, 6) is -0.857. The summed E-state index contributed by atoms with van der Waals surface area (Å²) in [5.41, 5.74) is 1.14. The highest BCUT2D eigenvalue weighted by molar-refractivity contribution is 6.03. The minimum Gasteiger partial charge on any atom is -0.464 e. The molecule has 1 aromatic heterocycles. The Balaban J connectivity index is 1.92. The number of hydrogen-bond acceptors (Lipinski definition) is 6. The summed E-state index contributed by atoms with van der Waals surface area (Å²) in [5, 5.41) is 3.49. The molecule has 8 nitrogen and oxygen atoms in total. The van der Waals surface area contributed by atoms with Gasteiger partial charge in [0.2, 0.25) is 0 Å². The van der Waals surface area contributed by atoms with Crippen LogP contribution in [0.25, 0.3) is 17.1 Å². The maximum atomic E-state index is 13.1. The molecule has 2 aromatic rings. The van der Waals surface area contributed by atoms with Crippen LogP contribution >= 0.6 is 0 Å². The van der Waals surface area contributed by atoms with E-state index < -0.39 is 18.0 Å². The second-order valence-electron chi connectivity index (χ2n) is 8.01. The second-order valence-corrected chi connectivity index (χ2v) is 8.01. The summed E-state index contributed by atoms with van der Waals surface area (Å²) in [6.07, 6.45) is 5.26. The van der Waals surface area contributed by atoms with Crippen molar-refractivity contribution in [3.05, 3.63) is 52.3 Å². The fraction of sp³-hybridized carbons (Fsp3) is 0.458. The molecule has 1 N–H and O–H groups in total. The third-order valence-corrected chi connectivity index (χ3v) is 5.94. The summed E-state index contributed by atoms with van der Waals surface area (Å²) in [6, 6.07) is 9.87. The molecular formula is C24H29N3O5. The zero-order chi connectivity index (χ0) is 22.7. The molecule has 1 aromatic carbocycles. The number of ether oxygens (including phenoxy) is 2. The molecular weight excluding hydrogens is 410 g/mol. The Bertz CT molecular complexity index is 1080. The van der Waals surface area contributed by atoms with E-state index >= 15 is 0 Å². The Hall–Kier alpha value is -3.29. The van der Waals surface area contributed by atoms with Crippen LogP contribution in [0, 0.1) is 0 Å². The molecule has 0 saturated heterocycles. The fourth-order valence-electron chi connectivity index (χ4n) is 4.55. The lowest BCUT2D eigenvalue weighted by Crippen LogP contribution is -2.33. The first-order chi connectivity index (χ1) is 15.6. The largest absolute Gasteiger partial charge is 0.464 e. The molecule has 2 heterocycles. The van der Waals surface area contributed by atoms with E-state index in [1.165, 1.54) is 17.2 Å². The summed E-state index contributed by atoms with van der Waals surface area (Å²) in [4.78, 5) is 39.2. The zero-order valence-corrected chi connectivity index (χ0v) is 18.5. The van der Waals surface area contributed by atoms with Crippen LogP contribution in [-0.2, 0) is 19.1 Å². The number of carbonyl (C=O) groups is 2. The predicted molar refractivity (Wildman–Crippen MR) is 120 cm³/mol. The van der Waals surface area contributed by atoms with Crippen LogP contribution in [0.1, 0.15) is 52.0 Å². The normalized spacial score (nSPS) is 18.4. The third kappa shape index (κ3) is 3.97. The second kappa shape index (κ2) is 9.46. The van der Waals surface area contributed by atoms with Crippen molar-refractivity contribution >= 4 is 17.8 Å². The van der Waals surface area contributed by atoms with Crippen LogP contribution in [0.15, 0.2) is 46.8 Å². The molecule has 1 fully saturated rings. The number of rotatable bonds is 7. The van der Waals surface area contributed by atoms with Crippen LogP contribution in [0.3, 0.4) is 0 Å². The monoisotopic (exact) mass is 439 g/mol. The number of nitrogens with zero attached hydrogens (tertiary/aromatic N) is 2. The van der Waals surface area contributed by atoms with Gasteiger partial charge in [0.1, 0.15) is 11.4 Å². The highest BCUT2D eigenvalue weighted by Crippen LogP contribution is 2.36. The minimum absolute atomic E-state index is 0.116. The molecule has 8 heteroatoms. The summed E-state index contributed by atoms with van der Waals surface area (Å²) in [6.45, 7) is 3.70. The van der Waals surface area contributed by atoms with Gasteiger partial charge in [-0.1, -0.05) is 49.6 Å². The SMILES string of the molecule is CCOC(=O)C1=C(NC2CCCCC2)n2c(-c3ccccc3)cc(=O)n2C1C(=O)OCC. The van der Waals surface area contributed by atoms with E-state index in [2.05, 4.69) is 5.32 Å². The Morgan fingerprint density at radius 2 is 1.72 bits per heavy atom. The quantitative estimate of drug-likeness (QED) is 0.667. The Morgan fingerprint density at radius 3 is 2.38 bits per heavy atom. The first-order valence-corrected chi connectivity index (χ1v) is 11.3. The van der Waals surface area contributed by atoms with E-state index in [9.17, 15) is 14.4 Å². The maximum absolute atomic E-state index is 13.1. The van der Waals surface area contributed by atoms with E-state index in [0.29, 0.717) is 11.5 Å². The molecule has 1 saturated carbocycles. The molecule has 4 rings (SSSR count). The van der Waals surface area contributed by atoms with Crippen molar-refractivity contribution in [3.8, 4) is 11.3 Å². The molecule has 0 radical (unpaired) electrons. The smallest absolute Gasteiger partial charge is 0.340 e. The van der Waals surface area contributed by atoms with E-state index in [0.717, 1.165) is 31.2 Å². The molecule has 1 atom stereocenters. The summed E-state index contributed by atoms with van der Waals surface area (Å²) in [7, 11) is 0. The first-order valence-electron chi connectivity index (χ1n) is 11.3. The van der Waals surface area contributed by atoms with Crippen molar-refractivity contribution < 1.29 is 19.1 Å². The molecule has 0 spiro atoms. The first kappa shape index (κ1) is 21.9. The van der Waals surface area contributed by atoms with Gasteiger partial charge in [0.25, 0.3) is 5.56 Å². The van der Waals surface area contributed by atoms with Crippen LogP contribution in [0.5, 0.6) is 0 Å². The van der Waals surface area contributed by atoms with Gasteiger partial charge < -0.3 is 14.8 Å². The molecule has 0 amide bonds. The molecule has 32 heavy (non-hydrogen) atoms. The lowest BCUT2D eigenvalue weighted by molar-refractivity contribution is -0.149. The fourth-order valence-corrected chi connectivity index (χ4v) is 4.55. The van der Waals surface area contributed by atoms with Crippen molar-refractivity contribution in [2.45, 2.75) is 58.0 Å². The predicted octanol–water partition coefficient (Wildman–Crippen LogP) is 3.09. The van der Waals surface area contributed by atoms with E-state index in [1.54, 1.807) is 18.5 Å². The minimum atomic E-state index is -1.20. The zero-order valence-electron chi connectivity index (χ0n) is 18.5. The standard InChI is InChI=1S/C24H29N3O5/c1-3-31-23(29)20-21(24(30)32-4-2)27-19(28)15-18(16-11-7-5-8-12-16)26(27)22(20)25-17-13-9-6-10-14-17/h5,7-8,11-12,15,17,21,25H,3-4,6,9-10,13-14H2,1-2H3. The molecule has 0 bridgehead atoms. The maximum Gasteiger partial charge on any atom is 0.340 e. The van der Waals surface area contributed by atoms with Gasteiger partial charge in [-0.15, -0.1) is 0 Å². The Morgan fingerprint density at radius 1 is 1.03 bits per heavy atom. The molecule has 1 aliphatic carbocycles. The lowest BCUT2D eigenvalue weighted by atomic mass is 9.95. The van der Waals surface area contributed by atoms with Crippen LogP contribution in [0.4, 0.5) is 0 Å². The average Bonchev–Trinajstić information content (AvgIpc) is 3.31. The van der Waals surface area contributed by atoms with E-state index in [1.807, 2.05) is 30.3 Å². The number of carbonyl (C=O) groups excluding carboxylic acids is 2. The van der Waals surface area contributed by atoms with Gasteiger partial charge in [0, 0.05) is 17.7 Å². The van der Waals surface area contributed by atoms with Gasteiger partial charge in [-0.3, -0.25) is 4.79 Å². The third-order valence-electron chi connectivity index (χ3n) is 5.94. The van der Waals surface area contributed by atoms with Crippen molar-refractivity contribution in [2.24, 2.45) is 0 Å². The van der Waals surface area contributed by atoms with Gasteiger partial charge in [0.15, 0.2) is 6.04 Å². The summed E-state index contributed by atoms with van der Waals surface area (Å²) >= 11 is 0. The molecule has 1 aliphatic heterocycles. The van der Waals surface area contributed by atoms with Crippen molar-refractivity contribution in [2.75, 3.05) is 13.2 Å². The van der Waals surface area contributed by atoms with Crippen LogP contribution < -0.4 is 10.9 Å². The van der Waals surface area contributed by atoms with Crippen molar-refractivity contribution in [3.63, 3.8) is 0 Å². The molecule has 2 aliphatic rings. The van der Waals surface area contributed by atoms with Crippen LogP contribution in [-0.4, -0.2) is 40.6 Å². The number of hydrogen-bond donors (Lipinski definition) is 1. The lowest BCUT2D eigenvalue weighted by Gasteiger charge is -2.26. The highest BCUT2D eigenvalue weighted by atomic mass is 16.5. The van der Waals surface area contributed by atoms with Gasteiger partial charge in [-0.05, 0) is 26.7 Å². The van der Waals surface area contributed by atoms with Gasteiger partial charge >= 0.3 is 11.9 Å². The summed E-state index contributed by atoms with van der Waals surface area (Å²) < 4.78 is 13.5. The van der Waals surface area contributed by atoms with Gasteiger partial charge in [-0.25, -0.2) is 19.0 Å². The highest BCUT2D eigenvalue weighted by Gasteiger charge is 2.44. The van der Waals surface area contributed by atoms with Gasteiger partial charge in [0.05, 0.1) is 18.9 Å².